The van der Waals surface area contributed by atoms with Gasteiger partial charge in [0.25, 0.3) is 10.1 Å². The van der Waals surface area contributed by atoms with Crippen molar-refractivity contribution in [3.05, 3.63) is 29.3 Å². The lowest BCUT2D eigenvalue weighted by molar-refractivity contribution is 0.0695. The number of carboxylic acid groups (broad SMARTS) is 1. The first-order valence-corrected chi connectivity index (χ1v) is 6.14. The smallest absolute Gasteiger partial charge is 0.336 e. The van der Waals surface area contributed by atoms with Crippen LogP contribution in [0.2, 0.25) is 0 Å². The van der Waals surface area contributed by atoms with Gasteiger partial charge in [0.15, 0.2) is 0 Å². The average Bonchev–Trinajstić information content (AvgIpc) is 2.16. The lowest BCUT2D eigenvalue weighted by Crippen LogP contribution is -2.06. The minimum absolute atomic E-state index is 0.0861. The molecule has 6 heteroatoms. The largest absolute Gasteiger partial charge is 0.478 e. The Hall–Kier alpha value is -1.40. The lowest BCUT2D eigenvalue weighted by Gasteiger charge is -2.06. The Bertz CT molecular complexity index is 504. The molecule has 0 aromatic heterocycles. The molecule has 0 aliphatic heterocycles. The number of hydrogen-bond acceptors (Lipinski definition) is 3. The van der Waals surface area contributed by atoms with Crippen LogP contribution in [0.25, 0.3) is 0 Å². The minimum Gasteiger partial charge on any atom is -0.478 e. The van der Waals surface area contributed by atoms with Crippen LogP contribution in [-0.4, -0.2) is 24.0 Å². The highest BCUT2D eigenvalue weighted by molar-refractivity contribution is 7.85. The van der Waals surface area contributed by atoms with Gasteiger partial charge in [-0.15, -0.1) is 0 Å². The maximum Gasteiger partial charge on any atom is 0.336 e. The Morgan fingerprint density at radius 1 is 1.38 bits per heavy atom. The number of carboxylic acids is 1. The van der Waals surface area contributed by atoms with Crippen LogP contribution >= 0.6 is 0 Å². The molecule has 0 unspecified atom stereocenters. The van der Waals surface area contributed by atoms with Gasteiger partial charge in [-0.3, -0.25) is 4.55 Å². The standard InChI is InChI=1S/C10H12O5S/c1-2-3-7-4-5-8(16(13,14)15)6-9(7)10(11)12/h4-6H,2-3H2,1H3,(H,11,12)(H,13,14,15). The maximum atomic E-state index is 10.9. The van der Waals surface area contributed by atoms with Gasteiger partial charge in [0, 0.05) is 0 Å². The number of aromatic carboxylic acids is 1. The zero-order valence-electron chi connectivity index (χ0n) is 8.67. The molecule has 0 spiro atoms. The molecule has 0 radical (unpaired) electrons. The first kappa shape index (κ1) is 12.7. The minimum atomic E-state index is -4.35. The Labute approximate surface area is 93.5 Å². The van der Waals surface area contributed by atoms with Crippen LogP contribution in [0, 0.1) is 0 Å². The van der Waals surface area contributed by atoms with Crippen LogP contribution in [0.4, 0.5) is 0 Å². The molecule has 0 atom stereocenters. The highest BCUT2D eigenvalue weighted by Crippen LogP contribution is 2.17. The van der Waals surface area contributed by atoms with E-state index in [2.05, 4.69) is 0 Å². The van der Waals surface area contributed by atoms with Crippen LogP contribution in [0.3, 0.4) is 0 Å². The van der Waals surface area contributed by atoms with Crippen molar-refractivity contribution in [3.8, 4) is 0 Å². The summed E-state index contributed by atoms with van der Waals surface area (Å²) in [7, 11) is -4.35. The van der Waals surface area contributed by atoms with Crippen molar-refractivity contribution in [1.29, 1.82) is 0 Å². The zero-order chi connectivity index (χ0) is 12.3. The van der Waals surface area contributed by atoms with Crippen molar-refractivity contribution in [3.63, 3.8) is 0 Å². The second-order valence-electron chi connectivity index (χ2n) is 3.35. The van der Waals surface area contributed by atoms with E-state index in [0.717, 1.165) is 12.5 Å². The molecule has 0 amide bonds. The van der Waals surface area contributed by atoms with Gasteiger partial charge < -0.3 is 5.11 Å². The van der Waals surface area contributed by atoms with Gasteiger partial charge in [-0.05, 0) is 24.1 Å². The van der Waals surface area contributed by atoms with E-state index in [-0.39, 0.29) is 5.56 Å². The quantitative estimate of drug-likeness (QED) is 0.784. The second-order valence-corrected chi connectivity index (χ2v) is 4.77. The van der Waals surface area contributed by atoms with Gasteiger partial charge in [-0.2, -0.15) is 8.42 Å². The van der Waals surface area contributed by atoms with Gasteiger partial charge in [0.1, 0.15) is 0 Å². The number of aryl methyl sites for hydroxylation is 1. The van der Waals surface area contributed by atoms with Crippen LogP contribution < -0.4 is 0 Å². The molecule has 2 N–H and O–H groups in total. The van der Waals surface area contributed by atoms with Crippen molar-refractivity contribution in [1.82, 2.24) is 0 Å². The molecule has 5 nitrogen and oxygen atoms in total. The molecule has 0 aliphatic rings. The van der Waals surface area contributed by atoms with Crippen LogP contribution in [0.1, 0.15) is 29.3 Å². The number of carbonyl (C=O) groups is 1. The van der Waals surface area contributed by atoms with Gasteiger partial charge >= 0.3 is 5.97 Å². The summed E-state index contributed by atoms with van der Waals surface area (Å²) < 4.78 is 30.5. The normalized spacial score (nSPS) is 11.4. The number of benzene rings is 1. The first-order chi connectivity index (χ1) is 7.36. The molecule has 1 aromatic carbocycles. The third-order valence-electron chi connectivity index (χ3n) is 2.13. The van der Waals surface area contributed by atoms with Crippen molar-refractivity contribution >= 4 is 16.1 Å². The highest BCUT2D eigenvalue weighted by Gasteiger charge is 2.16. The Morgan fingerprint density at radius 2 is 2.00 bits per heavy atom. The highest BCUT2D eigenvalue weighted by atomic mass is 32.2. The van der Waals surface area contributed by atoms with Crippen molar-refractivity contribution in [2.75, 3.05) is 0 Å². The summed E-state index contributed by atoms with van der Waals surface area (Å²) >= 11 is 0. The summed E-state index contributed by atoms with van der Waals surface area (Å²) in [6.07, 6.45) is 1.30. The predicted molar refractivity (Wildman–Crippen MR) is 57.2 cm³/mol. The van der Waals surface area contributed by atoms with E-state index in [1.807, 2.05) is 6.92 Å². The Morgan fingerprint density at radius 3 is 2.44 bits per heavy atom. The van der Waals surface area contributed by atoms with Crippen LogP contribution in [-0.2, 0) is 16.5 Å². The van der Waals surface area contributed by atoms with E-state index in [1.165, 1.54) is 12.1 Å². The Kier molecular flexibility index (Phi) is 3.66. The molecular formula is C10H12O5S. The molecule has 0 bridgehead atoms. The fraction of sp³-hybridized carbons (Fsp3) is 0.300. The zero-order valence-corrected chi connectivity index (χ0v) is 9.49. The monoisotopic (exact) mass is 244 g/mol. The summed E-state index contributed by atoms with van der Waals surface area (Å²) in [5.41, 5.74) is 0.472. The fourth-order valence-electron chi connectivity index (χ4n) is 1.40. The van der Waals surface area contributed by atoms with Crippen molar-refractivity contribution < 1.29 is 22.9 Å². The van der Waals surface area contributed by atoms with E-state index in [4.69, 9.17) is 9.66 Å². The second kappa shape index (κ2) is 4.63. The number of rotatable bonds is 4. The molecule has 88 valence electrons. The SMILES string of the molecule is CCCc1ccc(S(=O)(=O)O)cc1C(=O)O. The summed E-state index contributed by atoms with van der Waals surface area (Å²) in [4.78, 5) is 10.5. The topological polar surface area (TPSA) is 91.7 Å². The average molecular weight is 244 g/mol. The van der Waals surface area contributed by atoms with Crippen LogP contribution in [0.5, 0.6) is 0 Å². The maximum absolute atomic E-state index is 10.9. The Balaban J connectivity index is 3.34. The molecule has 0 aliphatic carbocycles. The predicted octanol–water partition coefficient (Wildman–Crippen LogP) is 1.58. The summed E-state index contributed by atoms with van der Waals surface area (Å²) in [6, 6.07) is 3.59. The molecule has 0 saturated heterocycles. The first-order valence-electron chi connectivity index (χ1n) is 4.70. The molecular weight excluding hydrogens is 232 g/mol. The van der Waals surface area contributed by atoms with Crippen LogP contribution in [0.15, 0.2) is 23.1 Å². The molecule has 1 aromatic rings. The van der Waals surface area contributed by atoms with Gasteiger partial charge in [-0.25, -0.2) is 4.79 Å². The van der Waals surface area contributed by atoms with E-state index < -0.39 is 21.0 Å². The third kappa shape index (κ3) is 2.80. The van der Waals surface area contributed by atoms with Crippen molar-refractivity contribution in [2.45, 2.75) is 24.7 Å². The molecule has 0 heterocycles. The van der Waals surface area contributed by atoms with E-state index in [9.17, 15) is 13.2 Å². The van der Waals surface area contributed by atoms with E-state index in [0.29, 0.717) is 12.0 Å². The van der Waals surface area contributed by atoms with Gasteiger partial charge in [0.2, 0.25) is 0 Å². The van der Waals surface area contributed by atoms with E-state index >= 15 is 0 Å². The van der Waals surface area contributed by atoms with Crippen molar-refractivity contribution in [2.24, 2.45) is 0 Å². The molecule has 1 rings (SSSR count). The summed E-state index contributed by atoms with van der Waals surface area (Å²) in [5.74, 6) is -1.20. The summed E-state index contributed by atoms with van der Waals surface area (Å²) in [5, 5.41) is 8.91. The molecule has 0 fully saturated rings. The van der Waals surface area contributed by atoms with E-state index in [1.54, 1.807) is 0 Å². The van der Waals surface area contributed by atoms with Gasteiger partial charge in [-0.1, -0.05) is 19.4 Å². The molecule has 16 heavy (non-hydrogen) atoms. The third-order valence-corrected chi connectivity index (χ3v) is 2.98. The fourth-order valence-corrected chi connectivity index (χ4v) is 1.91. The molecule has 0 saturated carbocycles. The number of hydrogen-bond donors (Lipinski definition) is 2. The lowest BCUT2D eigenvalue weighted by atomic mass is 10.0. The van der Waals surface area contributed by atoms with Gasteiger partial charge in [0.05, 0.1) is 10.5 Å². The summed E-state index contributed by atoms with van der Waals surface area (Å²) in [6.45, 7) is 1.89.